The van der Waals surface area contributed by atoms with Gasteiger partial charge in [-0.15, -0.1) is 0 Å². The van der Waals surface area contributed by atoms with Crippen LogP contribution in [-0.2, 0) is 25.5 Å². The van der Waals surface area contributed by atoms with Gasteiger partial charge in [0.05, 0.1) is 30.6 Å². The van der Waals surface area contributed by atoms with Gasteiger partial charge in [-0.2, -0.15) is 0 Å². The van der Waals surface area contributed by atoms with Crippen molar-refractivity contribution in [2.75, 3.05) is 48.5 Å². The molecule has 0 spiro atoms. The van der Waals surface area contributed by atoms with E-state index < -0.39 is 30.1 Å². The number of carboxylic acid groups (broad SMARTS) is 1. The number of aliphatic carboxylic acids is 1. The molecule has 4 unspecified atom stereocenters. The number of benzene rings is 1. The summed E-state index contributed by atoms with van der Waals surface area (Å²) >= 11 is 0. The lowest BCUT2D eigenvalue weighted by Crippen LogP contribution is -2.60. The first-order valence-electron chi connectivity index (χ1n) is 19.2. The molecule has 1 aliphatic rings. The van der Waals surface area contributed by atoms with Gasteiger partial charge in [0.2, 0.25) is 5.91 Å². The van der Waals surface area contributed by atoms with Gasteiger partial charge in [-0.1, -0.05) is 76.5 Å². The van der Waals surface area contributed by atoms with Gasteiger partial charge in [-0.05, 0) is 75.7 Å². The van der Waals surface area contributed by atoms with Crippen LogP contribution in [0.1, 0.15) is 72.3 Å². The van der Waals surface area contributed by atoms with Crippen molar-refractivity contribution in [3.8, 4) is 0 Å². The number of nitrogens with one attached hydrogen (secondary N) is 1. The Morgan fingerprint density at radius 2 is 1.77 bits per heavy atom. The minimum absolute atomic E-state index is 0.0253. The van der Waals surface area contributed by atoms with Gasteiger partial charge in [0, 0.05) is 68.2 Å². The van der Waals surface area contributed by atoms with Crippen LogP contribution in [0.25, 0.3) is 10.4 Å². The molecule has 1 saturated heterocycles. The van der Waals surface area contributed by atoms with Crippen LogP contribution in [0, 0.1) is 35.5 Å². The fourth-order valence-electron chi connectivity index (χ4n) is 9.09. The number of azide groups is 1. The Hall–Kier alpha value is -2.77. The van der Waals surface area contributed by atoms with Gasteiger partial charge in [0.15, 0.2) is 0 Å². The Balaban J connectivity index is 2.41. The van der Waals surface area contributed by atoms with Crippen molar-refractivity contribution < 1.29 is 24.2 Å². The molecule has 1 heterocycles. The molecule has 52 heavy (non-hydrogen) atoms. The van der Waals surface area contributed by atoms with E-state index in [2.05, 4.69) is 47.9 Å². The van der Waals surface area contributed by atoms with E-state index in [-0.39, 0.29) is 66.1 Å². The van der Waals surface area contributed by atoms with E-state index >= 15 is 0 Å². The van der Waals surface area contributed by atoms with Crippen molar-refractivity contribution in [1.29, 1.82) is 0 Å². The summed E-state index contributed by atoms with van der Waals surface area (Å²) in [5.41, 5.74) is 23.9. The molecular weight excluding hydrogens is 660 g/mol. The lowest BCUT2D eigenvalue weighted by Gasteiger charge is -2.46. The number of methoxy groups -OCH3 is 2. The van der Waals surface area contributed by atoms with Crippen molar-refractivity contribution in [3.05, 3.63) is 46.3 Å². The zero-order valence-electron chi connectivity index (χ0n) is 33.5. The maximum atomic E-state index is 14.4. The number of carboxylic acids is 1. The summed E-state index contributed by atoms with van der Waals surface area (Å²) in [4.78, 5) is 34.0. The molecule has 0 saturated carbocycles. The summed E-state index contributed by atoms with van der Waals surface area (Å²) in [6.45, 7) is 11.5. The standard InChI is InChI=1S/C39H70N8O5/c1-11-25(4)33(36(43-6)28(19-20-44-45-42)35(41)37(24(2)3)46(7)8)31(51-9)23-32(48)47-21-15-18-30(47)38(52-10)26(5)34(40)29(39(49)50)22-27-16-13-12-14-17-27/h12-14,16-17,24-26,28-31,33-38,43H,11,15,18-23,40-41H2,1-10H3,(H,49,50)/t25-,26+,28-,29?,30-,31+,33+,34?,35?,36?,37-,38+/m0/s1. The molecule has 0 aromatic heterocycles. The predicted octanol–water partition coefficient (Wildman–Crippen LogP) is 4.78. The van der Waals surface area contributed by atoms with Crippen molar-refractivity contribution in [3.63, 3.8) is 0 Å². The molecule has 13 nitrogen and oxygen atoms in total. The van der Waals surface area contributed by atoms with Crippen molar-refractivity contribution in [2.24, 2.45) is 52.1 Å². The largest absolute Gasteiger partial charge is 0.481 e. The molecule has 0 aliphatic carbocycles. The summed E-state index contributed by atoms with van der Waals surface area (Å²) in [6, 6.07) is 8.28. The van der Waals surface area contributed by atoms with E-state index in [1.165, 1.54) is 0 Å². The summed E-state index contributed by atoms with van der Waals surface area (Å²) in [6.07, 6.45) is 2.63. The van der Waals surface area contributed by atoms with Crippen molar-refractivity contribution in [2.45, 2.75) is 116 Å². The fourth-order valence-corrected chi connectivity index (χ4v) is 9.09. The molecule has 12 atom stereocenters. The van der Waals surface area contributed by atoms with E-state index in [1.807, 2.05) is 63.3 Å². The summed E-state index contributed by atoms with van der Waals surface area (Å²) in [7, 11) is 9.32. The lowest BCUT2D eigenvalue weighted by molar-refractivity contribution is -0.145. The highest BCUT2D eigenvalue weighted by Crippen LogP contribution is 2.36. The first-order valence-corrected chi connectivity index (χ1v) is 19.2. The Kier molecular flexibility index (Phi) is 19.6. The number of likely N-dealkylation sites (N-methyl/N-ethyl adjacent to an activating group) is 1. The molecule has 1 aliphatic heterocycles. The molecule has 1 aromatic rings. The second kappa shape index (κ2) is 22.4. The van der Waals surface area contributed by atoms with Gasteiger partial charge >= 0.3 is 5.97 Å². The van der Waals surface area contributed by atoms with Crippen LogP contribution in [0.4, 0.5) is 0 Å². The van der Waals surface area contributed by atoms with Gasteiger partial charge in [0.25, 0.3) is 0 Å². The number of carbonyl (C=O) groups is 2. The number of amides is 1. The zero-order chi connectivity index (χ0) is 39.1. The maximum Gasteiger partial charge on any atom is 0.308 e. The molecule has 2 rings (SSSR count). The lowest BCUT2D eigenvalue weighted by atomic mass is 9.70. The third kappa shape index (κ3) is 11.9. The van der Waals surface area contributed by atoms with Crippen LogP contribution < -0.4 is 16.8 Å². The van der Waals surface area contributed by atoms with Crippen LogP contribution in [0.15, 0.2) is 35.4 Å². The second-order valence-corrected chi connectivity index (χ2v) is 15.5. The first-order chi connectivity index (χ1) is 24.7. The number of carbonyl (C=O) groups excluding carboxylic acids is 1. The molecule has 1 amide bonds. The van der Waals surface area contributed by atoms with E-state index in [4.69, 9.17) is 26.5 Å². The Morgan fingerprint density at radius 3 is 2.27 bits per heavy atom. The molecule has 13 heteroatoms. The number of nitrogens with two attached hydrogens (primary N) is 2. The number of likely N-dealkylation sites (tertiary alicyclic amines) is 1. The van der Waals surface area contributed by atoms with Crippen LogP contribution in [0.2, 0.25) is 0 Å². The van der Waals surface area contributed by atoms with Gasteiger partial charge in [-0.3, -0.25) is 9.59 Å². The average molecular weight is 731 g/mol. The Labute approximate surface area is 313 Å². The van der Waals surface area contributed by atoms with E-state index in [1.54, 1.807) is 14.2 Å². The maximum absolute atomic E-state index is 14.4. The zero-order valence-corrected chi connectivity index (χ0v) is 33.5. The SMILES string of the molecule is CC[C@H](C)[C@@H](C(NC)[C@@H](CCN=[N+]=[N-])C(N)[C@H](C(C)C)N(C)C)[C@@H](CC(=O)N1CCC[C@H]1[C@H](OC)[C@H](C)C(N)C(Cc1ccccc1)C(=O)O)OC. The minimum atomic E-state index is -0.946. The Morgan fingerprint density at radius 1 is 1.12 bits per heavy atom. The number of nitrogens with zero attached hydrogens (tertiary/aromatic N) is 5. The summed E-state index contributed by atoms with van der Waals surface area (Å²) in [5, 5.41) is 17.7. The minimum Gasteiger partial charge on any atom is -0.481 e. The van der Waals surface area contributed by atoms with Gasteiger partial charge in [0.1, 0.15) is 0 Å². The van der Waals surface area contributed by atoms with Crippen molar-refractivity contribution in [1.82, 2.24) is 15.1 Å². The smallest absolute Gasteiger partial charge is 0.308 e. The van der Waals surface area contributed by atoms with Crippen LogP contribution >= 0.6 is 0 Å². The first kappa shape index (κ1) is 45.4. The molecule has 1 aromatic carbocycles. The highest BCUT2D eigenvalue weighted by Gasteiger charge is 2.45. The fraction of sp³-hybridized carbons (Fsp3) is 0.795. The molecule has 0 bridgehead atoms. The summed E-state index contributed by atoms with van der Waals surface area (Å²) < 4.78 is 12.3. The molecule has 1 fully saturated rings. The van der Waals surface area contributed by atoms with E-state index in [9.17, 15) is 14.7 Å². The monoisotopic (exact) mass is 731 g/mol. The van der Waals surface area contributed by atoms with Gasteiger partial charge < -0.3 is 41.2 Å². The molecule has 6 N–H and O–H groups in total. The highest BCUT2D eigenvalue weighted by molar-refractivity contribution is 5.77. The van der Waals surface area contributed by atoms with E-state index in [0.29, 0.717) is 25.9 Å². The average Bonchev–Trinajstić information content (AvgIpc) is 3.60. The Bertz CT molecular complexity index is 1240. The predicted molar refractivity (Wildman–Crippen MR) is 208 cm³/mol. The van der Waals surface area contributed by atoms with Gasteiger partial charge in [-0.25, -0.2) is 0 Å². The normalized spacial score (nSPS) is 21.3. The topological polar surface area (TPSA) is 192 Å². The number of hydrogen-bond acceptors (Lipinski definition) is 9. The van der Waals surface area contributed by atoms with Crippen molar-refractivity contribution >= 4 is 11.9 Å². The summed E-state index contributed by atoms with van der Waals surface area (Å²) in [5.74, 6) is -1.81. The number of hydrogen-bond donors (Lipinski definition) is 4. The quantitative estimate of drug-likeness (QED) is 0.0658. The van der Waals surface area contributed by atoms with Crippen LogP contribution in [0.5, 0.6) is 0 Å². The number of ether oxygens (including phenoxy) is 2. The van der Waals surface area contributed by atoms with Crippen LogP contribution in [-0.4, -0.2) is 118 Å². The molecule has 296 valence electrons. The molecule has 0 radical (unpaired) electrons. The van der Waals surface area contributed by atoms with E-state index in [0.717, 1.165) is 24.8 Å². The highest BCUT2D eigenvalue weighted by atomic mass is 16.5. The van der Waals surface area contributed by atoms with Crippen LogP contribution in [0.3, 0.4) is 0 Å². The molecular formula is C39H70N8O5. The second-order valence-electron chi connectivity index (χ2n) is 15.5. The third-order valence-corrected chi connectivity index (χ3v) is 11.9. The third-order valence-electron chi connectivity index (χ3n) is 11.9. The number of rotatable bonds is 24.